The molecule has 0 spiro atoms. The van der Waals surface area contributed by atoms with E-state index in [1.54, 1.807) is 13.1 Å². The fraction of sp³-hybridized carbons (Fsp3) is 0.500. The molecule has 4 heteroatoms. The van der Waals surface area contributed by atoms with Crippen molar-refractivity contribution in [3.63, 3.8) is 0 Å². The van der Waals surface area contributed by atoms with Crippen molar-refractivity contribution >= 4 is 11.6 Å². The van der Waals surface area contributed by atoms with Gasteiger partial charge >= 0.3 is 0 Å². The molecule has 1 aromatic rings. The van der Waals surface area contributed by atoms with Gasteiger partial charge in [-0.1, -0.05) is 6.07 Å². The highest BCUT2D eigenvalue weighted by atomic mass is 16.1. The average molecular weight is 221 g/mol. The Morgan fingerprint density at radius 2 is 2.31 bits per heavy atom. The van der Waals surface area contributed by atoms with Gasteiger partial charge < -0.3 is 10.6 Å². The zero-order chi connectivity index (χ0) is 11.8. The number of nitrogens with zero attached hydrogens (tertiary/aromatic N) is 1. The molecule has 16 heavy (non-hydrogen) atoms. The van der Waals surface area contributed by atoms with Gasteiger partial charge in [-0.05, 0) is 38.9 Å². The molecule has 0 bridgehead atoms. The topological polar surface area (TPSA) is 54.0 Å². The second kappa shape index (κ2) is 6.95. The Labute approximate surface area is 96.5 Å². The monoisotopic (exact) mass is 221 g/mol. The molecule has 0 saturated heterocycles. The Hall–Kier alpha value is -1.42. The maximum Gasteiger partial charge on any atom is 0.146 e. The minimum Gasteiger partial charge on any atom is -0.370 e. The summed E-state index contributed by atoms with van der Waals surface area (Å²) in [5, 5.41) is 6.22. The van der Waals surface area contributed by atoms with Crippen LogP contribution in [-0.4, -0.2) is 30.4 Å². The highest BCUT2D eigenvalue weighted by Gasteiger charge is 2.09. The molecule has 0 radical (unpaired) electrons. The first-order valence-corrected chi connectivity index (χ1v) is 5.56. The van der Waals surface area contributed by atoms with Gasteiger partial charge in [0.1, 0.15) is 11.6 Å². The Balaban J connectivity index is 2.19. The molecule has 0 aromatic carbocycles. The van der Waals surface area contributed by atoms with E-state index in [0.717, 1.165) is 25.2 Å². The van der Waals surface area contributed by atoms with E-state index < -0.39 is 0 Å². The fourth-order valence-corrected chi connectivity index (χ4v) is 1.54. The van der Waals surface area contributed by atoms with Crippen LogP contribution in [0.3, 0.4) is 0 Å². The van der Waals surface area contributed by atoms with E-state index >= 15 is 0 Å². The zero-order valence-electron chi connectivity index (χ0n) is 9.86. The highest BCUT2D eigenvalue weighted by molar-refractivity contribution is 5.81. The first-order valence-electron chi connectivity index (χ1n) is 5.56. The number of anilines is 1. The summed E-state index contributed by atoms with van der Waals surface area (Å²) in [5.41, 5.74) is 0. The van der Waals surface area contributed by atoms with Crippen LogP contribution in [0.5, 0.6) is 0 Å². The largest absolute Gasteiger partial charge is 0.370 e. The van der Waals surface area contributed by atoms with Crippen molar-refractivity contribution < 1.29 is 4.79 Å². The van der Waals surface area contributed by atoms with Gasteiger partial charge in [0, 0.05) is 12.7 Å². The van der Waals surface area contributed by atoms with Crippen molar-refractivity contribution in [2.75, 3.05) is 18.9 Å². The highest BCUT2D eigenvalue weighted by Crippen LogP contribution is 2.02. The Morgan fingerprint density at radius 1 is 1.50 bits per heavy atom. The molecule has 0 aliphatic rings. The number of likely N-dealkylation sites (N-methyl/N-ethyl adjacent to an activating group) is 1. The van der Waals surface area contributed by atoms with Crippen LogP contribution in [0.25, 0.3) is 0 Å². The molecule has 0 fully saturated rings. The third-order valence-electron chi connectivity index (χ3n) is 2.48. The quantitative estimate of drug-likeness (QED) is 0.684. The first kappa shape index (κ1) is 12.6. The average Bonchev–Trinajstić information content (AvgIpc) is 2.30. The predicted molar refractivity (Wildman–Crippen MR) is 65.5 cm³/mol. The molecule has 1 atom stereocenters. The Bertz CT molecular complexity index is 313. The van der Waals surface area contributed by atoms with E-state index in [1.165, 1.54) is 0 Å². The number of Topliss-reactive ketones (excluding diaryl/α,β-unsaturated/α-hetero) is 1. The molecule has 0 saturated carbocycles. The van der Waals surface area contributed by atoms with Crippen LogP contribution in [0.2, 0.25) is 0 Å². The van der Waals surface area contributed by atoms with Crippen molar-refractivity contribution in [3.8, 4) is 0 Å². The van der Waals surface area contributed by atoms with Crippen molar-refractivity contribution in [3.05, 3.63) is 24.4 Å². The Kier molecular flexibility index (Phi) is 5.50. The van der Waals surface area contributed by atoms with E-state index in [-0.39, 0.29) is 11.8 Å². The van der Waals surface area contributed by atoms with E-state index in [4.69, 9.17) is 0 Å². The van der Waals surface area contributed by atoms with Gasteiger partial charge in [0.15, 0.2) is 0 Å². The van der Waals surface area contributed by atoms with E-state index in [9.17, 15) is 4.79 Å². The minimum atomic E-state index is -0.0227. The molecule has 2 N–H and O–H groups in total. The third-order valence-corrected chi connectivity index (χ3v) is 2.48. The molecule has 0 aliphatic carbocycles. The van der Waals surface area contributed by atoms with Gasteiger partial charge in [0.25, 0.3) is 0 Å². The molecule has 1 aromatic heterocycles. The Morgan fingerprint density at radius 3 is 2.88 bits per heavy atom. The minimum absolute atomic E-state index is 0.0227. The molecule has 88 valence electrons. The maximum absolute atomic E-state index is 11.1. The summed E-state index contributed by atoms with van der Waals surface area (Å²) in [5.74, 6) is 1.08. The first-order chi connectivity index (χ1) is 7.74. The molecule has 0 aliphatic heterocycles. The van der Waals surface area contributed by atoms with Gasteiger partial charge in [-0.2, -0.15) is 0 Å². The molecule has 1 heterocycles. The van der Waals surface area contributed by atoms with Crippen molar-refractivity contribution in [1.29, 1.82) is 0 Å². The predicted octanol–water partition coefficient (Wildman–Crippen LogP) is 1.45. The fourth-order valence-electron chi connectivity index (χ4n) is 1.54. The smallest absolute Gasteiger partial charge is 0.146 e. The van der Waals surface area contributed by atoms with Crippen LogP contribution >= 0.6 is 0 Å². The van der Waals surface area contributed by atoms with Crippen LogP contribution in [0, 0.1) is 0 Å². The van der Waals surface area contributed by atoms with Crippen LogP contribution in [0.15, 0.2) is 24.4 Å². The molecule has 1 unspecified atom stereocenters. The van der Waals surface area contributed by atoms with Crippen LogP contribution in [0.1, 0.15) is 19.8 Å². The third kappa shape index (κ3) is 4.40. The SMILES string of the molecule is CNC(CCCNc1ccccn1)C(C)=O. The molecular formula is C12H19N3O. The summed E-state index contributed by atoms with van der Waals surface area (Å²) in [6.45, 7) is 2.45. The van der Waals surface area contributed by atoms with E-state index in [2.05, 4.69) is 15.6 Å². The number of aromatic nitrogens is 1. The van der Waals surface area contributed by atoms with Crippen molar-refractivity contribution in [2.45, 2.75) is 25.8 Å². The number of nitrogens with one attached hydrogen (secondary N) is 2. The van der Waals surface area contributed by atoms with Gasteiger partial charge in [0.2, 0.25) is 0 Å². The number of hydrogen-bond donors (Lipinski definition) is 2. The maximum atomic E-state index is 11.1. The summed E-state index contributed by atoms with van der Waals surface area (Å²) < 4.78 is 0. The second-order valence-corrected chi connectivity index (χ2v) is 3.74. The van der Waals surface area contributed by atoms with Crippen LogP contribution in [-0.2, 0) is 4.79 Å². The van der Waals surface area contributed by atoms with Crippen LogP contribution < -0.4 is 10.6 Å². The summed E-state index contributed by atoms with van der Waals surface area (Å²) >= 11 is 0. The zero-order valence-corrected chi connectivity index (χ0v) is 9.86. The summed E-state index contributed by atoms with van der Waals surface area (Å²) in [6.07, 6.45) is 3.56. The van der Waals surface area contributed by atoms with Gasteiger partial charge in [0.05, 0.1) is 6.04 Å². The lowest BCUT2D eigenvalue weighted by atomic mass is 10.1. The lowest BCUT2D eigenvalue weighted by molar-refractivity contribution is -0.119. The molecule has 1 rings (SSSR count). The number of carbonyl (C=O) groups excluding carboxylic acids is 1. The molecule has 4 nitrogen and oxygen atoms in total. The number of rotatable bonds is 7. The lowest BCUT2D eigenvalue weighted by Crippen LogP contribution is -2.32. The number of hydrogen-bond acceptors (Lipinski definition) is 4. The van der Waals surface area contributed by atoms with Gasteiger partial charge in [-0.15, -0.1) is 0 Å². The number of carbonyl (C=O) groups is 1. The van der Waals surface area contributed by atoms with E-state index in [0.29, 0.717) is 0 Å². The molecular weight excluding hydrogens is 202 g/mol. The summed E-state index contributed by atoms with van der Waals surface area (Å²) in [4.78, 5) is 15.3. The second-order valence-electron chi connectivity index (χ2n) is 3.74. The van der Waals surface area contributed by atoms with Crippen LogP contribution in [0.4, 0.5) is 5.82 Å². The van der Waals surface area contributed by atoms with E-state index in [1.807, 2.05) is 25.2 Å². The normalized spacial score (nSPS) is 12.1. The number of pyridine rings is 1. The molecule has 0 amide bonds. The standard InChI is InChI=1S/C12H19N3O/c1-10(16)11(13-2)6-5-9-15-12-7-3-4-8-14-12/h3-4,7-8,11,13H,5-6,9H2,1-2H3,(H,14,15). The van der Waals surface area contributed by atoms with Gasteiger partial charge in [-0.25, -0.2) is 4.98 Å². The summed E-state index contributed by atoms with van der Waals surface area (Å²) in [7, 11) is 1.82. The van der Waals surface area contributed by atoms with Crippen molar-refractivity contribution in [2.24, 2.45) is 0 Å². The lowest BCUT2D eigenvalue weighted by Gasteiger charge is -2.12. The van der Waals surface area contributed by atoms with Gasteiger partial charge in [-0.3, -0.25) is 4.79 Å². The number of ketones is 1. The van der Waals surface area contributed by atoms with Crippen molar-refractivity contribution in [1.82, 2.24) is 10.3 Å². The summed E-state index contributed by atoms with van der Waals surface area (Å²) in [6, 6.07) is 5.74.